The molecule has 174 valence electrons. The molecule has 0 radical (unpaired) electrons. The van der Waals surface area contributed by atoms with E-state index in [1.807, 2.05) is 0 Å². The Labute approximate surface area is 229 Å². The molecule has 11 heteroatoms. The average Bonchev–Trinajstić information content (AvgIpc) is 2.70. The topological polar surface area (TPSA) is 69.6 Å². The molecule has 0 aliphatic carbocycles. The first kappa shape index (κ1) is 31.5. The second kappa shape index (κ2) is 14.0. The first-order valence-corrected chi connectivity index (χ1v) is 9.31. The molecular formula is C22H20F6KNO3. The van der Waals surface area contributed by atoms with E-state index in [1.54, 1.807) is 26.0 Å². The molecular weight excluding hydrogens is 479 g/mol. The summed E-state index contributed by atoms with van der Waals surface area (Å²) in [6, 6.07) is 12.0. The zero-order valence-corrected chi connectivity index (χ0v) is 21.2. The predicted octanol–water partition coefficient (Wildman–Crippen LogP) is 1.64. The van der Waals surface area contributed by atoms with Gasteiger partial charge < -0.3 is 9.90 Å². The monoisotopic (exact) mass is 499 g/mol. The number of carboxylic acid groups (broad SMARTS) is 1. The van der Waals surface area contributed by atoms with Crippen LogP contribution in [0.5, 0.6) is 0 Å². The van der Waals surface area contributed by atoms with Gasteiger partial charge in [-0.2, -0.15) is 26.3 Å². The van der Waals surface area contributed by atoms with Crippen molar-refractivity contribution in [1.82, 2.24) is 0 Å². The average molecular weight is 499 g/mol. The van der Waals surface area contributed by atoms with Gasteiger partial charge in [-0.05, 0) is 12.3 Å². The van der Waals surface area contributed by atoms with E-state index in [4.69, 9.17) is 0 Å². The van der Waals surface area contributed by atoms with E-state index in [-0.39, 0.29) is 74.9 Å². The Morgan fingerprint density at radius 2 is 1.24 bits per heavy atom. The molecule has 0 spiro atoms. The summed E-state index contributed by atoms with van der Waals surface area (Å²) in [5.74, 6) is -3.51. The van der Waals surface area contributed by atoms with Crippen molar-refractivity contribution in [2.24, 2.45) is 10.9 Å². The largest absolute Gasteiger partial charge is 1.00 e. The van der Waals surface area contributed by atoms with Gasteiger partial charge in [0.25, 0.3) is 5.78 Å². The molecule has 0 unspecified atom stereocenters. The van der Waals surface area contributed by atoms with Gasteiger partial charge in [-0.3, -0.25) is 9.79 Å². The third-order valence-electron chi connectivity index (χ3n) is 3.86. The van der Waals surface area contributed by atoms with Crippen LogP contribution in [0.25, 0.3) is 0 Å². The summed E-state index contributed by atoms with van der Waals surface area (Å²) in [6.07, 6.45) is -9.50. The smallest absolute Gasteiger partial charge is 0.548 e. The van der Waals surface area contributed by atoms with E-state index in [1.165, 1.54) is 36.4 Å². The Bertz CT molecular complexity index is 913. The molecule has 0 saturated carbocycles. The van der Waals surface area contributed by atoms with Crippen molar-refractivity contribution >= 4 is 17.5 Å². The number of benzene rings is 2. The fourth-order valence-corrected chi connectivity index (χ4v) is 2.46. The van der Waals surface area contributed by atoms with Crippen molar-refractivity contribution in [1.29, 1.82) is 0 Å². The number of nitrogens with zero attached hydrogens (tertiary/aromatic N) is 1. The quantitative estimate of drug-likeness (QED) is 0.263. The Morgan fingerprint density at radius 3 is 1.58 bits per heavy atom. The van der Waals surface area contributed by atoms with E-state index < -0.39 is 35.9 Å². The van der Waals surface area contributed by atoms with E-state index in [0.717, 1.165) is 12.1 Å². The number of carbonyl (C=O) groups is 2. The van der Waals surface area contributed by atoms with Crippen LogP contribution in [0.2, 0.25) is 0 Å². The fraction of sp³-hybridized carbons (Fsp3) is 0.318. The summed E-state index contributed by atoms with van der Waals surface area (Å²) in [5.41, 5.74) is -1.67. The number of ketones is 1. The van der Waals surface area contributed by atoms with Gasteiger partial charge in [-0.15, -0.1) is 0 Å². The summed E-state index contributed by atoms with van der Waals surface area (Å²) < 4.78 is 74.4. The number of rotatable bonds is 6. The zero-order chi connectivity index (χ0) is 24.5. The van der Waals surface area contributed by atoms with Gasteiger partial charge in [0.05, 0.1) is 12.0 Å². The van der Waals surface area contributed by atoms with Crippen molar-refractivity contribution in [3.63, 3.8) is 0 Å². The van der Waals surface area contributed by atoms with Crippen LogP contribution in [0, 0.1) is 5.92 Å². The molecule has 4 nitrogen and oxygen atoms in total. The summed E-state index contributed by atoms with van der Waals surface area (Å²) in [5, 5.41) is 10.9. The number of hydrogen-bond acceptors (Lipinski definition) is 4. The molecule has 0 N–H and O–H groups in total. The first-order chi connectivity index (χ1) is 14.7. The van der Waals surface area contributed by atoms with Crippen LogP contribution in [0.1, 0.15) is 36.2 Å². The Hall–Kier alpha value is -1.53. The molecule has 0 heterocycles. The van der Waals surface area contributed by atoms with Crippen molar-refractivity contribution in [2.45, 2.75) is 38.7 Å². The molecule has 0 saturated heterocycles. The van der Waals surface area contributed by atoms with Crippen LogP contribution >= 0.6 is 0 Å². The van der Waals surface area contributed by atoms with Crippen molar-refractivity contribution in [3.05, 3.63) is 71.8 Å². The fourth-order valence-electron chi connectivity index (χ4n) is 2.46. The number of carbonyl (C=O) groups excluding carboxylic acids is 2. The Kier molecular flexibility index (Phi) is 13.4. The molecule has 2 aromatic carbocycles. The van der Waals surface area contributed by atoms with Gasteiger partial charge in [0.2, 0.25) is 0 Å². The minimum Gasteiger partial charge on any atom is -0.548 e. The van der Waals surface area contributed by atoms with Crippen molar-refractivity contribution in [3.8, 4) is 0 Å². The summed E-state index contributed by atoms with van der Waals surface area (Å²) in [4.78, 5) is 24.9. The SMILES string of the molecule is CC(C)C[C@H](N=C(c1ccccc1)C(F)(F)F)C(=O)[O-].O=C(c1ccccc1)C(F)(F)F.[K+]. The Morgan fingerprint density at radius 1 is 0.818 bits per heavy atom. The summed E-state index contributed by atoms with van der Waals surface area (Å²) in [7, 11) is 0. The molecule has 2 rings (SSSR count). The van der Waals surface area contributed by atoms with Crippen LogP contribution in [0.15, 0.2) is 65.7 Å². The van der Waals surface area contributed by atoms with Gasteiger partial charge in [-0.25, -0.2) is 0 Å². The second-order valence-electron chi connectivity index (χ2n) is 7.00. The van der Waals surface area contributed by atoms with Gasteiger partial charge in [0.1, 0.15) is 5.71 Å². The normalized spacial score (nSPS) is 12.8. The van der Waals surface area contributed by atoms with E-state index in [0.29, 0.717) is 0 Å². The maximum atomic E-state index is 13.0. The molecule has 0 bridgehead atoms. The molecule has 1 atom stereocenters. The molecule has 0 amide bonds. The molecule has 0 fully saturated rings. The molecule has 2 aromatic rings. The van der Waals surface area contributed by atoms with E-state index in [9.17, 15) is 41.0 Å². The zero-order valence-electron chi connectivity index (χ0n) is 18.1. The number of aliphatic carboxylic acids is 1. The number of aliphatic imine (C=N–C) groups is 1. The molecule has 0 aliphatic heterocycles. The van der Waals surface area contributed by atoms with Crippen LogP contribution in [0.3, 0.4) is 0 Å². The van der Waals surface area contributed by atoms with Crippen LogP contribution in [-0.4, -0.2) is 35.9 Å². The van der Waals surface area contributed by atoms with Gasteiger partial charge in [0.15, 0.2) is 0 Å². The number of Topliss-reactive ketones (excluding diaryl/α,β-unsaturated/α-hetero) is 1. The van der Waals surface area contributed by atoms with Crippen LogP contribution in [0.4, 0.5) is 26.3 Å². The minimum absolute atomic E-state index is 0. The maximum absolute atomic E-state index is 13.0. The number of alkyl halides is 6. The second-order valence-corrected chi connectivity index (χ2v) is 7.00. The van der Waals surface area contributed by atoms with Crippen LogP contribution < -0.4 is 56.5 Å². The third kappa shape index (κ3) is 11.4. The van der Waals surface area contributed by atoms with Gasteiger partial charge >= 0.3 is 63.7 Å². The van der Waals surface area contributed by atoms with E-state index in [2.05, 4.69) is 4.99 Å². The van der Waals surface area contributed by atoms with Crippen LogP contribution in [-0.2, 0) is 4.79 Å². The minimum atomic E-state index is -4.78. The molecule has 0 aromatic heterocycles. The molecule has 0 aliphatic rings. The van der Waals surface area contributed by atoms with Gasteiger partial charge in [-0.1, -0.05) is 74.5 Å². The van der Waals surface area contributed by atoms with Gasteiger partial charge in [0, 0.05) is 11.1 Å². The standard InChI is InChI=1S/C14H16F3NO2.C8H5F3O.K/c1-9(2)8-11(13(19)20)18-12(14(15,16)17)10-6-4-3-5-7-10;9-8(10,11)7(12)6-4-2-1-3-5-6;/h3-7,9,11H,8H2,1-2H3,(H,19,20);1-5H;/q;;+1/p-1/t11-;;/m0../s1. The number of hydrogen-bond donors (Lipinski definition) is 0. The van der Waals surface area contributed by atoms with Crippen molar-refractivity contribution < 1.29 is 92.4 Å². The summed E-state index contributed by atoms with van der Waals surface area (Å²) in [6.45, 7) is 3.42. The number of halogens is 6. The van der Waals surface area contributed by atoms with E-state index >= 15 is 0 Å². The maximum Gasteiger partial charge on any atom is 1.00 e. The first-order valence-electron chi connectivity index (χ1n) is 9.31. The number of carboxylic acids is 1. The summed E-state index contributed by atoms with van der Waals surface area (Å²) >= 11 is 0. The van der Waals surface area contributed by atoms with Crippen molar-refractivity contribution in [2.75, 3.05) is 0 Å². The third-order valence-corrected chi connectivity index (χ3v) is 3.86. The molecule has 33 heavy (non-hydrogen) atoms. The Balaban J connectivity index is 0.000000675. The predicted molar refractivity (Wildman–Crippen MR) is 104 cm³/mol.